The highest BCUT2D eigenvalue weighted by molar-refractivity contribution is 5.46. The summed E-state index contributed by atoms with van der Waals surface area (Å²) in [5.41, 5.74) is 0. The minimum atomic E-state index is 0.271. The summed E-state index contributed by atoms with van der Waals surface area (Å²) in [5.74, 6) is 3.77. The predicted molar refractivity (Wildman–Crippen MR) is 85.3 cm³/mol. The first-order chi connectivity index (χ1) is 11.8. The van der Waals surface area contributed by atoms with Crippen molar-refractivity contribution in [3.63, 3.8) is 0 Å². The lowest BCUT2D eigenvalue weighted by atomic mass is 10.2. The molecule has 2 aromatic rings. The Balaban J connectivity index is 1.26. The molecule has 7 nitrogen and oxygen atoms in total. The Hall–Kier alpha value is -2.28. The maximum atomic E-state index is 5.82. The van der Waals surface area contributed by atoms with Gasteiger partial charge in [-0.15, -0.1) is 0 Å². The number of rotatable bonds is 6. The van der Waals surface area contributed by atoms with E-state index in [0.29, 0.717) is 12.5 Å². The van der Waals surface area contributed by atoms with E-state index in [1.165, 1.54) is 6.42 Å². The van der Waals surface area contributed by atoms with Gasteiger partial charge in [-0.3, -0.25) is 4.90 Å². The molecule has 0 unspecified atom stereocenters. The van der Waals surface area contributed by atoms with Gasteiger partial charge < -0.3 is 18.7 Å². The van der Waals surface area contributed by atoms with Crippen LogP contribution >= 0.6 is 0 Å². The first-order valence-corrected chi connectivity index (χ1v) is 8.36. The molecule has 0 N–H and O–H groups in total. The first-order valence-electron chi connectivity index (χ1n) is 8.36. The number of aryl methyl sites for hydroxylation is 1. The molecule has 1 aromatic heterocycles. The molecule has 2 aliphatic heterocycles. The largest absolute Gasteiger partial charge is 0.493 e. The van der Waals surface area contributed by atoms with Gasteiger partial charge in [0, 0.05) is 19.5 Å². The van der Waals surface area contributed by atoms with E-state index in [9.17, 15) is 0 Å². The van der Waals surface area contributed by atoms with Crippen molar-refractivity contribution >= 4 is 0 Å². The molecule has 1 saturated heterocycles. The van der Waals surface area contributed by atoms with E-state index in [0.717, 1.165) is 49.0 Å². The maximum absolute atomic E-state index is 5.82. The molecule has 7 heteroatoms. The number of benzene rings is 1. The topological polar surface area (TPSA) is 69.9 Å². The number of ether oxygens (including phenoxy) is 3. The minimum absolute atomic E-state index is 0.271. The van der Waals surface area contributed by atoms with Crippen LogP contribution in [0.5, 0.6) is 17.2 Å². The zero-order valence-electron chi connectivity index (χ0n) is 13.7. The third kappa shape index (κ3) is 3.17. The summed E-state index contributed by atoms with van der Waals surface area (Å²) >= 11 is 0. The highest BCUT2D eigenvalue weighted by Crippen LogP contribution is 2.35. The number of hydrogen-bond acceptors (Lipinski definition) is 7. The van der Waals surface area contributed by atoms with Crippen LogP contribution in [0.4, 0.5) is 0 Å². The Morgan fingerprint density at radius 2 is 2.21 bits per heavy atom. The van der Waals surface area contributed by atoms with Gasteiger partial charge in [0.15, 0.2) is 17.3 Å². The van der Waals surface area contributed by atoms with Gasteiger partial charge in [-0.05, 0) is 37.9 Å². The van der Waals surface area contributed by atoms with Crippen LogP contribution < -0.4 is 14.2 Å². The summed E-state index contributed by atoms with van der Waals surface area (Å²) < 4.78 is 21.6. The quantitative estimate of drug-likeness (QED) is 0.754. The summed E-state index contributed by atoms with van der Waals surface area (Å²) in [4.78, 5) is 6.79. The van der Waals surface area contributed by atoms with Gasteiger partial charge in [0.1, 0.15) is 5.75 Å². The highest BCUT2D eigenvalue weighted by atomic mass is 16.7. The highest BCUT2D eigenvalue weighted by Gasteiger charge is 2.29. The van der Waals surface area contributed by atoms with Gasteiger partial charge in [-0.25, -0.2) is 0 Å². The SMILES string of the molecule is Cc1nc([C@H]2CCCN2CCCOc2ccc3c(c2)OCO3)no1. The zero-order valence-corrected chi connectivity index (χ0v) is 13.7. The minimum Gasteiger partial charge on any atom is -0.493 e. The number of nitrogens with zero attached hydrogens (tertiary/aromatic N) is 3. The maximum Gasteiger partial charge on any atom is 0.231 e. The van der Waals surface area contributed by atoms with Crippen LogP contribution in [0.1, 0.15) is 37.0 Å². The fourth-order valence-corrected chi connectivity index (χ4v) is 3.26. The Labute approximate surface area is 140 Å². The van der Waals surface area contributed by atoms with Crippen molar-refractivity contribution < 1.29 is 18.7 Å². The van der Waals surface area contributed by atoms with Crippen LogP contribution in [0.3, 0.4) is 0 Å². The molecular weight excluding hydrogens is 310 g/mol. The second-order valence-corrected chi connectivity index (χ2v) is 6.08. The summed E-state index contributed by atoms with van der Waals surface area (Å²) in [7, 11) is 0. The normalized spacial score (nSPS) is 19.8. The lowest BCUT2D eigenvalue weighted by Crippen LogP contribution is -2.26. The van der Waals surface area contributed by atoms with E-state index in [2.05, 4.69) is 15.0 Å². The molecule has 4 rings (SSSR count). The number of fused-ring (bicyclic) bond motifs is 1. The third-order valence-electron chi connectivity index (χ3n) is 4.41. The average Bonchev–Trinajstić information content (AvgIpc) is 3.31. The van der Waals surface area contributed by atoms with E-state index in [1.54, 1.807) is 0 Å². The second kappa shape index (κ2) is 6.68. The van der Waals surface area contributed by atoms with E-state index >= 15 is 0 Å². The molecule has 128 valence electrons. The van der Waals surface area contributed by atoms with E-state index in [1.807, 2.05) is 25.1 Å². The molecule has 1 fully saturated rings. The van der Waals surface area contributed by atoms with Crippen molar-refractivity contribution in [1.29, 1.82) is 0 Å². The van der Waals surface area contributed by atoms with Crippen LogP contribution in [0.15, 0.2) is 22.7 Å². The molecule has 2 aliphatic rings. The van der Waals surface area contributed by atoms with Crippen molar-refractivity contribution in [1.82, 2.24) is 15.0 Å². The molecular formula is C17H21N3O4. The molecule has 0 amide bonds. The molecule has 1 atom stereocenters. The fraction of sp³-hybridized carbons (Fsp3) is 0.529. The van der Waals surface area contributed by atoms with Crippen LogP contribution in [0, 0.1) is 6.92 Å². The van der Waals surface area contributed by atoms with Gasteiger partial charge >= 0.3 is 0 Å². The van der Waals surface area contributed by atoms with Gasteiger partial charge in [0.05, 0.1) is 12.6 Å². The molecule has 24 heavy (non-hydrogen) atoms. The van der Waals surface area contributed by atoms with Gasteiger partial charge in [-0.2, -0.15) is 4.98 Å². The lowest BCUT2D eigenvalue weighted by Gasteiger charge is -2.21. The second-order valence-electron chi connectivity index (χ2n) is 6.08. The summed E-state index contributed by atoms with van der Waals surface area (Å²) in [6.45, 7) is 4.80. The smallest absolute Gasteiger partial charge is 0.231 e. The van der Waals surface area contributed by atoms with Gasteiger partial charge in [0.25, 0.3) is 0 Å². The number of hydrogen-bond donors (Lipinski definition) is 0. The van der Waals surface area contributed by atoms with E-state index in [4.69, 9.17) is 18.7 Å². The standard InChI is InChI=1S/C17H21N3O4/c1-12-18-17(19-24-12)14-4-2-7-20(14)8-3-9-21-13-5-6-15-16(10-13)23-11-22-15/h5-6,10,14H,2-4,7-9,11H2,1H3/t14-/m1/s1. The van der Waals surface area contributed by atoms with Crippen molar-refractivity contribution in [2.45, 2.75) is 32.2 Å². The van der Waals surface area contributed by atoms with Crippen LogP contribution in [0.2, 0.25) is 0 Å². The van der Waals surface area contributed by atoms with Crippen molar-refractivity contribution in [2.24, 2.45) is 0 Å². The number of aromatic nitrogens is 2. The summed E-state index contributed by atoms with van der Waals surface area (Å²) in [6.07, 6.45) is 3.20. The summed E-state index contributed by atoms with van der Waals surface area (Å²) in [6, 6.07) is 5.94. The molecule has 0 spiro atoms. The van der Waals surface area contributed by atoms with Gasteiger partial charge in [-0.1, -0.05) is 5.16 Å². The molecule has 0 bridgehead atoms. The third-order valence-corrected chi connectivity index (χ3v) is 4.41. The van der Waals surface area contributed by atoms with Crippen molar-refractivity contribution in [3.8, 4) is 17.2 Å². The monoisotopic (exact) mass is 331 g/mol. The van der Waals surface area contributed by atoms with Crippen LogP contribution in [-0.4, -0.2) is 41.5 Å². The molecule has 0 radical (unpaired) electrons. The first kappa shape index (κ1) is 15.3. The van der Waals surface area contributed by atoms with Crippen molar-refractivity contribution in [2.75, 3.05) is 26.5 Å². The molecule has 0 saturated carbocycles. The Bertz CT molecular complexity index is 703. The summed E-state index contributed by atoms with van der Waals surface area (Å²) in [5, 5.41) is 4.07. The molecule has 0 aliphatic carbocycles. The van der Waals surface area contributed by atoms with E-state index < -0.39 is 0 Å². The number of likely N-dealkylation sites (tertiary alicyclic amines) is 1. The fourth-order valence-electron chi connectivity index (χ4n) is 3.26. The lowest BCUT2D eigenvalue weighted by molar-refractivity contribution is 0.173. The molecule has 1 aromatic carbocycles. The van der Waals surface area contributed by atoms with Crippen LogP contribution in [-0.2, 0) is 0 Å². The van der Waals surface area contributed by atoms with E-state index in [-0.39, 0.29) is 12.8 Å². The predicted octanol–water partition coefficient (Wildman–Crippen LogP) is 2.71. The van der Waals surface area contributed by atoms with Gasteiger partial charge in [0.2, 0.25) is 12.7 Å². The Morgan fingerprint density at radius 3 is 3.08 bits per heavy atom. The van der Waals surface area contributed by atoms with Crippen molar-refractivity contribution in [3.05, 3.63) is 29.9 Å². The van der Waals surface area contributed by atoms with Crippen LogP contribution in [0.25, 0.3) is 0 Å². The Kier molecular flexibility index (Phi) is 4.25. The molecule has 3 heterocycles. The zero-order chi connectivity index (χ0) is 16.4. The average molecular weight is 331 g/mol. The Morgan fingerprint density at radius 1 is 1.29 bits per heavy atom.